The number of hydrogen-bond acceptors (Lipinski definition) is 6. The van der Waals surface area contributed by atoms with Gasteiger partial charge in [0.15, 0.2) is 0 Å². The van der Waals surface area contributed by atoms with Crippen LogP contribution < -0.4 is 10.1 Å². The van der Waals surface area contributed by atoms with E-state index in [0.29, 0.717) is 28.8 Å². The van der Waals surface area contributed by atoms with Gasteiger partial charge in [0, 0.05) is 23.6 Å². The zero-order valence-corrected chi connectivity index (χ0v) is 18.2. The van der Waals surface area contributed by atoms with Gasteiger partial charge in [0.05, 0.1) is 28.0 Å². The molecule has 0 saturated heterocycles. The fraction of sp³-hybridized carbons (Fsp3) is 0.391. The van der Waals surface area contributed by atoms with Crippen molar-refractivity contribution in [1.29, 1.82) is 0 Å². The Balaban J connectivity index is 1.58. The zero-order valence-electron chi connectivity index (χ0n) is 17.4. The molecule has 2 heterocycles. The lowest BCUT2D eigenvalue weighted by molar-refractivity contribution is -0.121. The molecule has 0 spiro atoms. The standard InChI is InChI=1S/C23H25N3O3S/c1-13-5-4-6-17(24-13)22(28)25-18-12-21-19(11-20(18)29-3)26-23(30-21)16-9-7-15(8-10-16)14(2)27/h4-6,11-12,15-16H,7-10H2,1-3H3,(H,25,28). The van der Waals surface area contributed by atoms with Gasteiger partial charge < -0.3 is 10.1 Å². The Morgan fingerprint density at radius 3 is 2.57 bits per heavy atom. The molecule has 1 amide bonds. The van der Waals surface area contributed by atoms with Crippen molar-refractivity contribution < 1.29 is 14.3 Å². The summed E-state index contributed by atoms with van der Waals surface area (Å²) in [7, 11) is 1.58. The number of hydrogen-bond donors (Lipinski definition) is 1. The molecule has 0 unspecified atom stereocenters. The quantitative estimate of drug-likeness (QED) is 0.616. The summed E-state index contributed by atoms with van der Waals surface area (Å²) in [6.07, 6.45) is 3.85. The van der Waals surface area contributed by atoms with E-state index in [2.05, 4.69) is 10.3 Å². The minimum atomic E-state index is -0.274. The average Bonchev–Trinajstić information content (AvgIpc) is 3.16. The molecular weight excluding hydrogens is 398 g/mol. The Kier molecular flexibility index (Phi) is 5.81. The van der Waals surface area contributed by atoms with Crippen molar-refractivity contribution in [2.75, 3.05) is 12.4 Å². The molecule has 3 aromatic rings. The largest absolute Gasteiger partial charge is 0.494 e. The van der Waals surface area contributed by atoms with Gasteiger partial charge in [0.2, 0.25) is 0 Å². The molecule has 0 aliphatic heterocycles. The number of thiazole rings is 1. The van der Waals surface area contributed by atoms with E-state index in [0.717, 1.165) is 46.6 Å². The highest BCUT2D eigenvalue weighted by molar-refractivity contribution is 7.18. The first-order chi connectivity index (χ1) is 14.4. The van der Waals surface area contributed by atoms with Crippen molar-refractivity contribution in [2.24, 2.45) is 5.92 Å². The molecule has 0 bridgehead atoms. The molecule has 4 rings (SSSR count). The van der Waals surface area contributed by atoms with E-state index in [1.165, 1.54) is 0 Å². The summed E-state index contributed by atoms with van der Waals surface area (Å²) in [5.74, 6) is 1.18. The number of fused-ring (bicyclic) bond motifs is 1. The third-order valence-electron chi connectivity index (χ3n) is 5.75. The van der Waals surface area contributed by atoms with E-state index >= 15 is 0 Å². The Bertz CT molecular complexity index is 1100. The first-order valence-electron chi connectivity index (χ1n) is 10.2. The normalized spacial score (nSPS) is 18.9. The lowest BCUT2D eigenvalue weighted by Gasteiger charge is -2.25. The molecule has 1 aliphatic rings. The van der Waals surface area contributed by atoms with Gasteiger partial charge in [-0.1, -0.05) is 6.07 Å². The van der Waals surface area contributed by atoms with Crippen molar-refractivity contribution in [1.82, 2.24) is 9.97 Å². The van der Waals surface area contributed by atoms with Crippen LogP contribution in [0.25, 0.3) is 10.2 Å². The van der Waals surface area contributed by atoms with Gasteiger partial charge >= 0.3 is 0 Å². The van der Waals surface area contributed by atoms with Crippen LogP contribution in [0.5, 0.6) is 5.75 Å². The molecule has 0 radical (unpaired) electrons. The highest BCUT2D eigenvalue weighted by atomic mass is 32.1. The van der Waals surface area contributed by atoms with Gasteiger partial charge in [-0.2, -0.15) is 0 Å². The van der Waals surface area contributed by atoms with Crippen LogP contribution in [-0.2, 0) is 4.79 Å². The number of aromatic nitrogens is 2. The fourth-order valence-electron chi connectivity index (χ4n) is 4.02. The average molecular weight is 424 g/mol. The number of carbonyl (C=O) groups is 2. The third kappa shape index (κ3) is 4.21. The van der Waals surface area contributed by atoms with Gasteiger partial charge in [0.1, 0.15) is 17.2 Å². The minimum absolute atomic E-state index is 0.202. The second-order valence-corrected chi connectivity index (χ2v) is 8.91. The van der Waals surface area contributed by atoms with Crippen LogP contribution in [0.4, 0.5) is 5.69 Å². The monoisotopic (exact) mass is 423 g/mol. The number of aryl methyl sites for hydroxylation is 1. The molecule has 156 valence electrons. The lowest BCUT2D eigenvalue weighted by atomic mass is 9.80. The predicted molar refractivity (Wildman–Crippen MR) is 118 cm³/mol. The second-order valence-electron chi connectivity index (χ2n) is 7.85. The molecule has 1 saturated carbocycles. The summed E-state index contributed by atoms with van der Waals surface area (Å²) in [4.78, 5) is 33.4. The number of anilines is 1. The minimum Gasteiger partial charge on any atom is -0.494 e. The highest BCUT2D eigenvalue weighted by Gasteiger charge is 2.27. The Hall–Kier alpha value is -2.80. The molecule has 1 aliphatic carbocycles. The highest BCUT2D eigenvalue weighted by Crippen LogP contribution is 2.41. The van der Waals surface area contributed by atoms with Gasteiger partial charge in [0.25, 0.3) is 5.91 Å². The maximum atomic E-state index is 12.6. The number of benzene rings is 1. The van der Waals surface area contributed by atoms with Crippen molar-refractivity contribution in [3.63, 3.8) is 0 Å². The van der Waals surface area contributed by atoms with E-state index < -0.39 is 0 Å². The van der Waals surface area contributed by atoms with Crippen LogP contribution in [0.2, 0.25) is 0 Å². The number of methoxy groups -OCH3 is 1. The number of ether oxygens (including phenoxy) is 1. The number of amides is 1. The van der Waals surface area contributed by atoms with Crippen molar-refractivity contribution in [3.8, 4) is 5.75 Å². The van der Waals surface area contributed by atoms with Gasteiger partial charge in [-0.15, -0.1) is 11.3 Å². The summed E-state index contributed by atoms with van der Waals surface area (Å²) in [6.45, 7) is 3.54. The lowest BCUT2D eigenvalue weighted by Crippen LogP contribution is -2.18. The summed E-state index contributed by atoms with van der Waals surface area (Å²) in [6, 6.07) is 9.15. The zero-order chi connectivity index (χ0) is 21.3. The Morgan fingerprint density at radius 1 is 1.13 bits per heavy atom. The predicted octanol–water partition coefficient (Wildman–Crippen LogP) is 5.12. The smallest absolute Gasteiger partial charge is 0.274 e. The number of rotatable bonds is 5. The number of ketones is 1. The second kappa shape index (κ2) is 8.52. The molecule has 30 heavy (non-hydrogen) atoms. The van der Waals surface area contributed by atoms with E-state index in [9.17, 15) is 9.59 Å². The maximum Gasteiger partial charge on any atom is 0.274 e. The number of pyridine rings is 1. The van der Waals surface area contributed by atoms with Crippen molar-refractivity contribution >= 4 is 38.9 Å². The van der Waals surface area contributed by atoms with Crippen LogP contribution in [-0.4, -0.2) is 28.8 Å². The fourth-order valence-corrected chi connectivity index (χ4v) is 5.17. The molecule has 1 N–H and O–H groups in total. The summed E-state index contributed by atoms with van der Waals surface area (Å²) in [5, 5.41) is 4.01. The molecule has 2 aromatic heterocycles. The SMILES string of the molecule is COc1cc2nc(C3CCC(C(C)=O)CC3)sc2cc1NC(=O)c1cccc(C)n1. The molecule has 6 nitrogen and oxygen atoms in total. The number of Topliss-reactive ketones (excluding diaryl/α,β-unsaturated/α-hetero) is 1. The van der Waals surface area contributed by atoms with Crippen molar-refractivity contribution in [2.45, 2.75) is 45.4 Å². The van der Waals surface area contributed by atoms with Gasteiger partial charge in [-0.3, -0.25) is 9.59 Å². The summed E-state index contributed by atoms with van der Waals surface area (Å²) < 4.78 is 6.51. The van der Waals surface area contributed by atoms with Crippen LogP contribution in [0.3, 0.4) is 0 Å². The Labute approximate surface area is 179 Å². The van der Waals surface area contributed by atoms with Gasteiger partial charge in [-0.25, -0.2) is 9.97 Å². The van der Waals surface area contributed by atoms with Crippen LogP contribution in [0, 0.1) is 12.8 Å². The maximum absolute atomic E-state index is 12.6. The summed E-state index contributed by atoms with van der Waals surface area (Å²) >= 11 is 1.65. The van der Waals surface area contributed by atoms with Crippen LogP contribution in [0.1, 0.15) is 59.7 Å². The summed E-state index contributed by atoms with van der Waals surface area (Å²) in [5.41, 5.74) is 2.63. The molecule has 1 fully saturated rings. The molecule has 0 atom stereocenters. The van der Waals surface area contributed by atoms with Crippen LogP contribution in [0.15, 0.2) is 30.3 Å². The van der Waals surface area contributed by atoms with E-state index in [-0.39, 0.29) is 11.8 Å². The van der Waals surface area contributed by atoms with Crippen molar-refractivity contribution in [3.05, 3.63) is 46.7 Å². The molecule has 1 aromatic carbocycles. The molecular formula is C23H25N3O3S. The van der Waals surface area contributed by atoms with E-state index in [1.807, 2.05) is 31.2 Å². The molecule has 7 heteroatoms. The first-order valence-corrected chi connectivity index (χ1v) is 11.0. The van der Waals surface area contributed by atoms with Crippen LogP contribution >= 0.6 is 11.3 Å². The first kappa shape index (κ1) is 20.5. The number of carbonyl (C=O) groups excluding carboxylic acids is 2. The Morgan fingerprint density at radius 2 is 1.90 bits per heavy atom. The van der Waals surface area contributed by atoms with E-state index in [1.54, 1.807) is 31.4 Å². The topological polar surface area (TPSA) is 81.2 Å². The van der Waals surface area contributed by atoms with E-state index in [4.69, 9.17) is 9.72 Å². The number of nitrogens with one attached hydrogen (secondary N) is 1. The number of nitrogens with zero attached hydrogens (tertiary/aromatic N) is 2. The van der Waals surface area contributed by atoms with Gasteiger partial charge in [-0.05, 0) is 57.7 Å². The third-order valence-corrected chi connectivity index (χ3v) is 6.93.